The monoisotopic (exact) mass is 262 g/mol. The van der Waals surface area contributed by atoms with Gasteiger partial charge in [-0.15, -0.1) is 0 Å². The predicted molar refractivity (Wildman–Crippen MR) is 66.5 cm³/mol. The molecule has 0 bridgehead atoms. The number of hydrogen-bond donors (Lipinski definition) is 2. The molecule has 0 radical (unpaired) electrons. The van der Waals surface area contributed by atoms with E-state index in [1.165, 1.54) is 19.2 Å². The van der Waals surface area contributed by atoms with Crippen molar-refractivity contribution in [1.82, 2.24) is 10.2 Å². The summed E-state index contributed by atoms with van der Waals surface area (Å²) in [6, 6.07) is 3.77. The molecule has 19 heavy (non-hydrogen) atoms. The number of phenolic OH excluding ortho intramolecular Hbond substituents is 1. The molecule has 6 heteroatoms. The van der Waals surface area contributed by atoms with Gasteiger partial charge >= 0.3 is 0 Å². The molecule has 1 unspecified atom stereocenters. The molecule has 1 aliphatic rings. The van der Waals surface area contributed by atoms with Crippen LogP contribution in [0.5, 0.6) is 5.75 Å². The Balaban J connectivity index is 2.14. The maximum Gasteiger partial charge on any atom is 0.255 e. The van der Waals surface area contributed by atoms with Crippen LogP contribution in [0.4, 0.5) is 0 Å². The Morgan fingerprint density at radius 3 is 2.63 bits per heavy atom. The number of nitrogens with one attached hydrogen (secondary N) is 1. The van der Waals surface area contributed by atoms with Gasteiger partial charge in [0.1, 0.15) is 11.8 Å². The molecule has 0 aliphatic carbocycles. The topological polar surface area (TPSA) is 86.7 Å². The fourth-order valence-electron chi connectivity index (χ4n) is 1.94. The summed E-state index contributed by atoms with van der Waals surface area (Å²) in [4.78, 5) is 35.9. The van der Waals surface area contributed by atoms with Gasteiger partial charge < -0.3 is 10.4 Å². The number of likely N-dealkylation sites (tertiary alicyclic amines) is 1. The van der Waals surface area contributed by atoms with E-state index in [1.54, 1.807) is 13.0 Å². The third kappa shape index (κ3) is 2.42. The molecule has 1 fully saturated rings. The lowest BCUT2D eigenvalue weighted by molar-refractivity contribution is -0.137. The van der Waals surface area contributed by atoms with E-state index >= 15 is 0 Å². The number of imide groups is 1. The average molecular weight is 262 g/mol. The zero-order valence-corrected chi connectivity index (χ0v) is 10.6. The van der Waals surface area contributed by atoms with Crippen molar-refractivity contribution in [2.45, 2.75) is 19.4 Å². The summed E-state index contributed by atoms with van der Waals surface area (Å²) >= 11 is 0. The van der Waals surface area contributed by atoms with E-state index in [9.17, 15) is 19.5 Å². The van der Waals surface area contributed by atoms with Gasteiger partial charge in [-0.25, -0.2) is 0 Å². The van der Waals surface area contributed by atoms with E-state index < -0.39 is 17.9 Å². The number of aromatic hydroxyl groups is 1. The molecule has 1 aliphatic heterocycles. The lowest BCUT2D eigenvalue weighted by Gasteiger charge is -2.12. The number of phenols is 1. The first kappa shape index (κ1) is 13.1. The van der Waals surface area contributed by atoms with E-state index in [-0.39, 0.29) is 23.6 Å². The molecule has 1 heterocycles. The van der Waals surface area contributed by atoms with Gasteiger partial charge in [0.05, 0.1) is 12.0 Å². The van der Waals surface area contributed by atoms with Crippen molar-refractivity contribution in [3.63, 3.8) is 0 Å². The number of benzene rings is 1. The summed E-state index contributed by atoms with van der Waals surface area (Å²) < 4.78 is 0. The van der Waals surface area contributed by atoms with E-state index in [4.69, 9.17) is 0 Å². The minimum absolute atomic E-state index is 0.0479. The summed E-state index contributed by atoms with van der Waals surface area (Å²) in [7, 11) is 1.38. The van der Waals surface area contributed by atoms with Crippen LogP contribution in [0.25, 0.3) is 0 Å². The van der Waals surface area contributed by atoms with Gasteiger partial charge in [-0.05, 0) is 24.6 Å². The molecule has 0 saturated carbocycles. The zero-order valence-electron chi connectivity index (χ0n) is 10.6. The number of amides is 3. The molecule has 1 atom stereocenters. The maximum absolute atomic E-state index is 11.9. The van der Waals surface area contributed by atoms with Crippen LogP contribution in [0.2, 0.25) is 0 Å². The van der Waals surface area contributed by atoms with Gasteiger partial charge in [-0.2, -0.15) is 0 Å². The molecular formula is C13H14N2O4. The molecule has 0 aromatic heterocycles. The van der Waals surface area contributed by atoms with E-state index in [0.717, 1.165) is 10.5 Å². The first-order valence-corrected chi connectivity index (χ1v) is 5.81. The Morgan fingerprint density at radius 2 is 2.11 bits per heavy atom. The second kappa shape index (κ2) is 4.72. The standard InChI is InChI=1S/C13H14N2O4/c1-7-3-4-8(10(16)5-7)12(18)14-9-6-11(17)15(2)13(9)19/h3-5,9,16H,6H2,1-2H3,(H,14,18). The number of hydrogen-bond acceptors (Lipinski definition) is 4. The van der Waals surface area contributed by atoms with E-state index in [1.807, 2.05) is 0 Å². The van der Waals surface area contributed by atoms with Crippen LogP contribution < -0.4 is 5.32 Å². The van der Waals surface area contributed by atoms with Crippen molar-refractivity contribution in [2.24, 2.45) is 0 Å². The number of nitrogens with zero attached hydrogens (tertiary/aromatic N) is 1. The van der Waals surface area contributed by atoms with Crippen LogP contribution in [0.1, 0.15) is 22.3 Å². The van der Waals surface area contributed by atoms with Crippen LogP contribution in [-0.4, -0.2) is 40.8 Å². The summed E-state index contributed by atoms with van der Waals surface area (Å²) in [6.45, 7) is 1.79. The number of carbonyl (C=O) groups is 3. The van der Waals surface area contributed by atoms with Crippen LogP contribution >= 0.6 is 0 Å². The molecule has 1 saturated heterocycles. The van der Waals surface area contributed by atoms with Crippen molar-refractivity contribution in [3.8, 4) is 5.75 Å². The second-order valence-electron chi connectivity index (χ2n) is 4.54. The third-order valence-corrected chi connectivity index (χ3v) is 3.08. The first-order chi connectivity index (χ1) is 8.90. The lowest BCUT2D eigenvalue weighted by Crippen LogP contribution is -2.40. The highest BCUT2D eigenvalue weighted by atomic mass is 16.3. The second-order valence-corrected chi connectivity index (χ2v) is 4.54. The number of carbonyl (C=O) groups excluding carboxylic acids is 3. The molecule has 6 nitrogen and oxygen atoms in total. The summed E-state index contributed by atoms with van der Waals surface area (Å²) in [5.74, 6) is -1.49. The minimum atomic E-state index is -0.856. The highest BCUT2D eigenvalue weighted by Gasteiger charge is 2.37. The minimum Gasteiger partial charge on any atom is -0.507 e. The lowest BCUT2D eigenvalue weighted by atomic mass is 10.1. The van der Waals surface area contributed by atoms with Crippen molar-refractivity contribution in [1.29, 1.82) is 0 Å². The average Bonchev–Trinajstić information content (AvgIpc) is 2.57. The van der Waals surface area contributed by atoms with E-state index in [2.05, 4.69) is 5.32 Å². The molecule has 0 spiro atoms. The van der Waals surface area contributed by atoms with E-state index in [0.29, 0.717) is 0 Å². The summed E-state index contributed by atoms with van der Waals surface area (Å²) in [5.41, 5.74) is 0.904. The number of likely N-dealkylation sites (N-methyl/N-ethyl adjacent to an activating group) is 1. The van der Waals surface area contributed by atoms with Gasteiger partial charge in [0.2, 0.25) is 5.91 Å². The fourth-order valence-corrected chi connectivity index (χ4v) is 1.94. The maximum atomic E-state index is 11.9. The Morgan fingerprint density at radius 1 is 1.42 bits per heavy atom. The first-order valence-electron chi connectivity index (χ1n) is 5.81. The molecule has 1 aromatic carbocycles. The molecule has 2 rings (SSSR count). The Kier molecular flexibility index (Phi) is 3.25. The molecular weight excluding hydrogens is 248 g/mol. The number of aryl methyl sites for hydroxylation is 1. The Labute approximate surface area is 110 Å². The molecule has 3 amide bonds. The van der Waals surface area contributed by atoms with Crippen LogP contribution in [0.3, 0.4) is 0 Å². The Hall–Kier alpha value is -2.37. The normalized spacial score (nSPS) is 18.8. The van der Waals surface area contributed by atoms with Crippen molar-refractivity contribution in [2.75, 3.05) is 7.05 Å². The van der Waals surface area contributed by atoms with Crippen molar-refractivity contribution < 1.29 is 19.5 Å². The Bertz CT molecular complexity index is 568. The summed E-state index contributed by atoms with van der Waals surface area (Å²) in [5, 5.41) is 12.1. The highest BCUT2D eigenvalue weighted by Crippen LogP contribution is 2.19. The van der Waals surface area contributed by atoms with Crippen molar-refractivity contribution in [3.05, 3.63) is 29.3 Å². The van der Waals surface area contributed by atoms with Gasteiger partial charge in [-0.3, -0.25) is 19.3 Å². The largest absolute Gasteiger partial charge is 0.507 e. The number of rotatable bonds is 2. The smallest absolute Gasteiger partial charge is 0.255 e. The quantitative estimate of drug-likeness (QED) is 0.745. The van der Waals surface area contributed by atoms with Crippen molar-refractivity contribution >= 4 is 17.7 Å². The summed E-state index contributed by atoms with van der Waals surface area (Å²) in [6.07, 6.45) is -0.0479. The van der Waals surface area contributed by atoms with Gasteiger partial charge in [0, 0.05) is 7.05 Å². The molecule has 2 N–H and O–H groups in total. The van der Waals surface area contributed by atoms with Gasteiger partial charge in [0.15, 0.2) is 0 Å². The van der Waals surface area contributed by atoms with Gasteiger partial charge in [-0.1, -0.05) is 6.07 Å². The van der Waals surface area contributed by atoms with Gasteiger partial charge in [0.25, 0.3) is 11.8 Å². The van der Waals surface area contributed by atoms with Crippen LogP contribution in [0.15, 0.2) is 18.2 Å². The SMILES string of the molecule is Cc1ccc(C(=O)NC2CC(=O)N(C)C2=O)c(O)c1. The van der Waals surface area contributed by atoms with Crippen LogP contribution in [0, 0.1) is 6.92 Å². The third-order valence-electron chi connectivity index (χ3n) is 3.08. The predicted octanol–water partition coefficient (Wildman–Crippen LogP) is 0.188. The van der Waals surface area contributed by atoms with Crippen LogP contribution in [-0.2, 0) is 9.59 Å². The fraction of sp³-hybridized carbons (Fsp3) is 0.308. The zero-order chi connectivity index (χ0) is 14.2. The highest BCUT2D eigenvalue weighted by molar-refractivity contribution is 6.08. The molecule has 100 valence electrons. The molecule has 1 aromatic rings.